The van der Waals surface area contributed by atoms with E-state index < -0.39 is 23.6 Å². The van der Waals surface area contributed by atoms with Crippen LogP contribution in [0.25, 0.3) is 0 Å². The SMILES string of the molecule is CC1(CC(=O)NNC(=O)C=CC(=O)O)OCCO1. The minimum absolute atomic E-state index is 0.0735. The number of nitrogens with one attached hydrogen (secondary N) is 2. The molecule has 0 saturated carbocycles. The van der Waals surface area contributed by atoms with Crippen LogP contribution in [0.1, 0.15) is 13.3 Å². The molecule has 3 N–H and O–H groups in total. The maximum absolute atomic E-state index is 11.4. The molecule has 1 aliphatic rings. The van der Waals surface area contributed by atoms with E-state index in [1.54, 1.807) is 6.92 Å². The first-order valence-corrected chi connectivity index (χ1v) is 5.19. The summed E-state index contributed by atoms with van der Waals surface area (Å²) in [5, 5.41) is 8.28. The Kier molecular flexibility index (Phi) is 4.81. The van der Waals surface area contributed by atoms with E-state index in [4.69, 9.17) is 14.6 Å². The van der Waals surface area contributed by atoms with Gasteiger partial charge in [0.1, 0.15) is 0 Å². The van der Waals surface area contributed by atoms with Crippen molar-refractivity contribution < 1.29 is 29.0 Å². The van der Waals surface area contributed by atoms with E-state index in [1.807, 2.05) is 5.43 Å². The highest BCUT2D eigenvalue weighted by molar-refractivity contribution is 5.94. The van der Waals surface area contributed by atoms with Crippen LogP contribution in [0.4, 0.5) is 0 Å². The molecule has 18 heavy (non-hydrogen) atoms. The molecule has 1 saturated heterocycles. The Balaban J connectivity index is 2.28. The lowest BCUT2D eigenvalue weighted by Gasteiger charge is -2.21. The van der Waals surface area contributed by atoms with Gasteiger partial charge in [0, 0.05) is 12.2 Å². The van der Waals surface area contributed by atoms with E-state index >= 15 is 0 Å². The first-order chi connectivity index (χ1) is 8.41. The first-order valence-electron chi connectivity index (χ1n) is 5.19. The zero-order valence-corrected chi connectivity index (χ0v) is 9.76. The summed E-state index contributed by atoms with van der Waals surface area (Å²) in [6, 6.07) is 0. The summed E-state index contributed by atoms with van der Waals surface area (Å²) in [7, 11) is 0. The monoisotopic (exact) mass is 258 g/mol. The molecule has 0 unspecified atom stereocenters. The van der Waals surface area contributed by atoms with Gasteiger partial charge in [-0.05, 0) is 6.92 Å². The van der Waals surface area contributed by atoms with E-state index in [-0.39, 0.29) is 6.42 Å². The summed E-state index contributed by atoms with van der Waals surface area (Å²) in [5.74, 6) is -3.48. The van der Waals surface area contributed by atoms with Crippen molar-refractivity contribution in [2.24, 2.45) is 0 Å². The third-order valence-electron chi connectivity index (χ3n) is 2.08. The molecule has 1 fully saturated rings. The van der Waals surface area contributed by atoms with Gasteiger partial charge in [-0.25, -0.2) is 4.79 Å². The van der Waals surface area contributed by atoms with Crippen molar-refractivity contribution in [3.63, 3.8) is 0 Å². The second-order valence-corrected chi connectivity index (χ2v) is 3.72. The van der Waals surface area contributed by atoms with Gasteiger partial charge < -0.3 is 14.6 Å². The average Bonchev–Trinajstić information content (AvgIpc) is 2.70. The molecule has 1 aliphatic heterocycles. The van der Waals surface area contributed by atoms with Gasteiger partial charge in [-0.2, -0.15) is 0 Å². The molecule has 0 aliphatic carbocycles. The number of hydrazine groups is 1. The van der Waals surface area contributed by atoms with Crippen LogP contribution in [-0.2, 0) is 23.9 Å². The van der Waals surface area contributed by atoms with Gasteiger partial charge in [-0.3, -0.25) is 20.4 Å². The molecule has 1 rings (SSSR count). The third kappa shape index (κ3) is 4.93. The highest BCUT2D eigenvalue weighted by Crippen LogP contribution is 2.21. The van der Waals surface area contributed by atoms with Gasteiger partial charge in [0.05, 0.1) is 19.6 Å². The van der Waals surface area contributed by atoms with Crippen molar-refractivity contribution in [1.82, 2.24) is 10.9 Å². The van der Waals surface area contributed by atoms with Crippen molar-refractivity contribution in [1.29, 1.82) is 0 Å². The van der Waals surface area contributed by atoms with Crippen LogP contribution in [0.2, 0.25) is 0 Å². The van der Waals surface area contributed by atoms with Crippen molar-refractivity contribution in [2.45, 2.75) is 19.1 Å². The van der Waals surface area contributed by atoms with Crippen LogP contribution >= 0.6 is 0 Å². The maximum atomic E-state index is 11.4. The van der Waals surface area contributed by atoms with Crippen LogP contribution in [0.3, 0.4) is 0 Å². The van der Waals surface area contributed by atoms with Gasteiger partial charge in [0.2, 0.25) is 5.91 Å². The molecule has 0 aromatic carbocycles. The summed E-state index contributed by atoms with van der Waals surface area (Å²) < 4.78 is 10.4. The van der Waals surface area contributed by atoms with Crippen LogP contribution in [0, 0.1) is 0 Å². The fourth-order valence-corrected chi connectivity index (χ4v) is 1.31. The van der Waals surface area contributed by atoms with Gasteiger partial charge >= 0.3 is 5.97 Å². The lowest BCUT2D eigenvalue weighted by atomic mass is 10.2. The number of hydrogen-bond donors (Lipinski definition) is 3. The molecule has 0 bridgehead atoms. The fraction of sp³-hybridized carbons (Fsp3) is 0.500. The molecule has 8 heteroatoms. The van der Waals surface area contributed by atoms with Crippen LogP contribution in [0.5, 0.6) is 0 Å². The average molecular weight is 258 g/mol. The molecular formula is C10H14N2O6. The summed E-state index contributed by atoms with van der Waals surface area (Å²) in [5.41, 5.74) is 4.14. The largest absolute Gasteiger partial charge is 0.478 e. The second kappa shape index (κ2) is 6.12. The van der Waals surface area contributed by atoms with E-state index in [9.17, 15) is 14.4 Å². The van der Waals surface area contributed by atoms with Crippen molar-refractivity contribution >= 4 is 17.8 Å². The molecule has 0 spiro atoms. The maximum Gasteiger partial charge on any atom is 0.328 e. The predicted molar refractivity (Wildman–Crippen MR) is 58.0 cm³/mol. The fourth-order valence-electron chi connectivity index (χ4n) is 1.31. The Hall–Kier alpha value is -1.93. The summed E-state index contributed by atoms with van der Waals surface area (Å²) in [6.07, 6.45) is 1.37. The number of rotatable bonds is 4. The number of hydrogen-bond acceptors (Lipinski definition) is 5. The van der Waals surface area contributed by atoms with Crippen molar-refractivity contribution in [3.8, 4) is 0 Å². The highest BCUT2D eigenvalue weighted by Gasteiger charge is 2.33. The van der Waals surface area contributed by atoms with Gasteiger partial charge in [-0.1, -0.05) is 0 Å². The van der Waals surface area contributed by atoms with E-state index in [1.165, 1.54) is 0 Å². The Morgan fingerprint density at radius 3 is 2.39 bits per heavy atom. The summed E-state index contributed by atoms with van der Waals surface area (Å²) in [4.78, 5) is 32.6. The van der Waals surface area contributed by atoms with Crippen LogP contribution in [-0.4, -0.2) is 41.9 Å². The molecule has 8 nitrogen and oxygen atoms in total. The summed E-state index contributed by atoms with van der Waals surface area (Å²) >= 11 is 0. The van der Waals surface area contributed by atoms with Gasteiger partial charge in [0.15, 0.2) is 5.79 Å². The Bertz CT molecular complexity index is 373. The lowest BCUT2D eigenvalue weighted by molar-refractivity contribution is -0.160. The number of carboxylic acid groups (broad SMARTS) is 1. The first kappa shape index (κ1) is 14.1. The standard InChI is InChI=1S/C10H14N2O6/c1-10(17-4-5-18-10)6-8(14)12-11-7(13)2-3-9(15)16/h2-3H,4-6H2,1H3,(H,11,13)(H,12,14)(H,15,16). The lowest BCUT2D eigenvalue weighted by Crippen LogP contribution is -2.44. The molecular weight excluding hydrogens is 244 g/mol. The smallest absolute Gasteiger partial charge is 0.328 e. The number of carboxylic acids is 1. The van der Waals surface area contributed by atoms with Gasteiger partial charge in [0.25, 0.3) is 5.91 Å². The summed E-state index contributed by atoms with van der Waals surface area (Å²) in [6.45, 7) is 2.45. The van der Waals surface area contributed by atoms with E-state index in [0.29, 0.717) is 19.3 Å². The second-order valence-electron chi connectivity index (χ2n) is 3.72. The minimum Gasteiger partial charge on any atom is -0.478 e. The normalized spacial score (nSPS) is 17.6. The molecule has 100 valence electrons. The molecule has 1 heterocycles. The zero-order chi connectivity index (χ0) is 13.6. The number of carbonyl (C=O) groups is 3. The van der Waals surface area contributed by atoms with E-state index in [2.05, 4.69) is 5.43 Å². The molecule has 0 aromatic rings. The molecule has 0 radical (unpaired) electrons. The van der Waals surface area contributed by atoms with Crippen molar-refractivity contribution in [3.05, 3.63) is 12.2 Å². The van der Waals surface area contributed by atoms with E-state index in [0.717, 1.165) is 6.08 Å². The quantitative estimate of drug-likeness (QED) is 0.437. The molecule has 0 atom stereocenters. The third-order valence-corrected chi connectivity index (χ3v) is 2.08. The molecule has 0 aromatic heterocycles. The van der Waals surface area contributed by atoms with Gasteiger partial charge in [-0.15, -0.1) is 0 Å². The number of carbonyl (C=O) groups excluding carboxylic acids is 2. The topological polar surface area (TPSA) is 114 Å². The number of amides is 2. The highest BCUT2D eigenvalue weighted by atomic mass is 16.7. The van der Waals surface area contributed by atoms with Crippen LogP contribution < -0.4 is 10.9 Å². The number of ether oxygens (including phenoxy) is 2. The Morgan fingerprint density at radius 2 is 1.83 bits per heavy atom. The van der Waals surface area contributed by atoms with Crippen LogP contribution in [0.15, 0.2) is 12.2 Å². The predicted octanol–water partition coefficient (Wildman–Crippen LogP) is -1.07. The zero-order valence-electron chi connectivity index (χ0n) is 9.76. The Labute approximate surface area is 103 Å². The Morgan fingerprint density at radius 1 is 1.22 bits per heavy atom. The molecule has 2 amide bonds. The minimum atomic E-state index is -1.25. The van der Waals surface area contributed by atoms with Crippen molar-refractivity contribution in [2.75, 3.05) is 13.2 Å². The number of aliphatic carboxylic acids is 1.